The van der Waals surface area contributed by atoms with Gasteiger partial charge in [-0.15, -0.1) is 0 Å². The normalized spacial score (nSPS) is 20.9. The van der Waals surface area contributed by atoms with Crippen LogP contribution in [-0.2, 0) is 30.3 Å². The molecule has 35 heavy (non-hydrogen) atoms. The van der Waals surface area contributed by atoms with E-state index < -0.39 is 36.0 Å². The zero-order valence-electron chi connectivity index (χ0n) is 20.4. The monoisotopic (exact) mass is 491 g/mol. The van der Waals surface area contributed by atoms with Crippen molar-refractivity contribution in [3.05, 3.63) is 35.9 Å². The molecule has 0 spiro atoms. The number of amides is 1. The van der Waals surface area contributed by atoms with Gasteiger partial charge in [-0.05, 0) is 64.5 Å². The Kier molecular flexibility index (Phi) is 11.6. The van der Waals surface area contributed by atoms with Crippen LogP contribution >= 0.6 is 0 Å². The van der Waals surface area contributed by atoms with Crippen molar-refractivity contribution in [1.29, 1.82) is 0 Å². The maximum absolute atomic E-state index is 12.7. The van der Waals surface area contributed by atoms with E-state index in [0.717, 1.165) is 24.9 Å². The molecule has 2 heterocycles. The average molecular weight is 492 g/mol. The van der Waals surface area contributed by atoms with Crippen LogP contribution in [0.5, 0.6) is 0 Å². The quantitative estimate of drug-likeness (QED) is 0.357. The molecule has 0 aromatic heterocycles. The summed E-state index contributed by atoms with van der Waals surface area (Å²) >= 11 is 0. The van der Waals surface area contributed by atoms with Gasteiger partial charge in [0.25, 0.3) is 0 Å². The van der Waals surface area contributed by atoms with Crippen LogP contribution in [0.1, 0.15) is 51.5 Å². The van der Waals surface area contributed by atoms with Gasteiger partial charge >= 0.3 is 17.9 Å². The zero-order valence-corrected chi connectivity index (χ0v) is 20.4. The highest BCUT2D eigenvalue weighted by molar-refractivity contribution is 5.88. The molecule has 1 unspecified atom stereocenters. The second kappa shape index (κ2) is 14.4. The molecule has 10 heteroatoms. The van der Waals surface area contributed by atoms with Crippen molar-refractivity contribution in [1.82, 2.24) is 15.5 Å². The number of benzene rings is 1. The molecule has 4 atom stereocenters. The van der Waals surface area contributed by atoms with E-state index in [-0.39, 0.29) is 18.6 Å². The molecule has 4 N–H and O–H groups in total. The molecule has 0 radical (unpaired) electrons. The molecule has 194 valence electrons. The summed E-state index contributed by atoms with van der Waals surface area (Å²) in [5.41, 5.74) is 1.10. The van der Waals surface area contributed by atoms with Gasteiger partial charge < -0.3 is 25.2 Å². The van der Waals surface area contributed by atoms with Gasteiger partial charge in [-0.25, -0.2) is 4.79 Å². The fourth-order valence-electron chi connectivity index (χ4n) is 4.27. The number of rotatable bonds is 10. The molecule has 2 aliphatic heterocycles. The smallest absolute Gasteiger partial charge is 0.326 e. The number of nitrogens with one attached hydrogen (secondary N) is 2. The Morgan fingerprint density at radius 1 is 1.11 bits per heavy atom. The van der Waals surface area contributed by atoms with Crippen LogP contribution in [0.3, 0.4) is 0 Å². The summed E-state index contributed by atoms with van der Waals surface area (Å²) in [6.45, 7) is 4.95. The number of carboxylic acids is 2. The standard InChI is InChI=1S/C20H28N2O5.C5H9NO2/c1-3-27-20(26)16(12-11-15-8-5-4-6-9-15)21-14(2)18(23)22-13-7-10-17(22)19(24)25;7-5(8)4-2-1-3-6-4/h4-6,8-9,14,16-17,21H,3,7,10-13H2,1-2H3,(H,24,25);4,6H,1-3H2,(H,7,8)/t14-,16?,17-;4-/m00/s1. The van der Waals surface area contributed by atoms with E-state index in [1.807, 2.05) is 30.3 Å². The summed E-state index contributed by atoms with van der Waals surface area (Å²) in [6, 6.07) is 7.42. The predicted octanol–water partition coefficient (Wildman–Crippen LogP) is 1.43. The molecule has 0 saturated carbocycles. The van der Waals surface area contributed by atoms with Crippen molar-refractivity contribution < 1.29 is 34.1 Å². The first kappa shape index (κ1) is 28.3. The number of esters is 1. The van der Waals surface area contributed by atoms with E-state index >= 15 is 0 Å². The number of likely N-dealkylation sites (tertiary alicyclic amines) is 1. The number of aryl methyl sites for hydroxylation is 1. The van der Waals surface area contributed by atoms with Gasteiger partial charge in [-0.2, -0.15) is 0 Å². The molecule has 2 fully saturated rings. The Hall–Kier alpha value is -2.98. The van der Waals surface area contributed by atoms with Gasteiger partial charge in [0.05, 0.1) is 12.6 Å². The largest absolute Gasteiger partial charge is 0.480 e. The molecular formula is C25H37N3O7. The topological polar surface area (TPSA) is 145 Å². The summed E-state index contributed by atoms with van der Waals surface area (Å²) in [6.07, 6.45) is 4.07. The third kappa shape index (κ3) is 8.95. The van der Waals surface area contributed by atoms with E-state index in [1.54, 1.807) is 13.8 Å². The number of carboxylic acid groups (broad SMARTS) is 2. The van der Waals surface area contributed by atoms with E-state index in [0.29, 0.717) is 32.2 Å². The number of carbonyl (C=O) groups excluding carboxylic acids is 2. The minimum Gasteiger partial charge on any atom is -0.480 e. The molecule has 3 rings (SSSR count). The Morgan fingerprint density at radius 2 is 1.83 bits per heavy atom. The van der Waals surface area contributed by atoms with Crippen LogP contribution < -0.4 is 10.6 Å². The van der Waals surface area contributed by atoms with Gasteiger partial charge in [-0.1, -0.05) is 30.3 Å². The zero-order chi connectivity index (χ0) is 25.8. The lowest BCUT2D eigenvalue weighted by molar-refractivity contribution is -0.150. The van der Waals surface area contributed by atoms with E-state index in [2.05, 4.69) is 10.6 Å². The van der Waals surface area contributed by atoms with Gasteiger partial charge in [-0.3, -0.25) is 19.7 Å². The maximum atomic E-state index is 12.7. The molecule has 0 bridgehead atoms. The lowest BCUT2D eigenvalue weighted by atomic mass is 10.0. The number of ether oxygens (including phenoxy) is 1. The molecule has 1 aromatic carbocycles. The molecule has 2 saturated heterocycles. The van der Waals surface area contributed by atoms with Gasteiger partial charge in [0.1, 0.15) is 18.1 Å². The summed E-state index contributed by atoms with van der Waals surface area (Å²) in [7, 11) is 0. The highest BCUT2D eigenvalue weighted by Crippen LogP contribution is 2.19. The van der Waals surface area contributed by atoms with Gasteiger partial charge in [0.15, 0.2) is 0 Å². The summed E-state index contributed by atoms with van der Waals surface area (Å²) in [5, 5.41) is 23.5. The first-order valence-corrected chi connectivity index (χ1v) is 12.2. The van der Waals surface area contributed by atoms with Crippen molar-refractivity contribution in [2.24, 2.45) is 0 Å². The molecular weight excluding hydrogens is 454 g/mol. The average Bonchev–Trinajstić information content (AvgIpc) is 3.55. The van der Waals surface area contributed by atoms with Crippen molar-refractivity contribution in [3.8, 4) is 0 Å². The highest BCUT2D eigenvalue weighted by Gasteiger charge is 2.37. The second-order valence-corrected chi connectivity index (χ2v) is 8.73. The Labute approximate surface area is 206 Å². The minimum atomic E-state index is -0.987. The van der Waals surface area contributed by atoms with Crippen LogP contribution in [0.4, 0.5) is 0 Å². The lowest BCUT2D eigenvalue weighted by Crippen LogP contribution is -2.53. The van der Waals surface area contributed by atoms with Crippen LogP contribution in [0, 0.1) is 0 Å². The predicted molar refractivity (Wildman–Crippen MR) is 129 cm³/mol. The van der Waals surface area contributed by atoms with Crippen LogP contribution in [0.25, 0.3) is 0 Å². The first-order chi connectivity index (χ1) is 16.7. The number of aliphatic carboxylic acids is 2. The molecule has 0 aliphatic carbocycles. The SMILES string of the molecule is CCOC(=O)C(CCc1ccccc1)N[C@@H](C)C(=O)N1CCC[C@H]1C(=O)O.O=C(O)[C@@H]1CCCN1. The van der Waals surface area contributed by atoms with Crippen LogP contribution in [-0.4, -0.2) is 82.8 Å². The van der Waals surface area contributed by atoms with Crippen molar-refractivity contribution in [2.45, 2.75) is 76.5 Å². The van der Waals surface area contributed by atoms with Crippen LogP contribution in [0.15, 0.2) is 30.3 Å². The number of carbonyl (C=O) groups is 4. The Balaban J connectivity index is 0.000000456. The molecule has 1 amide bonds. The molecule has 1 aromatic rings. The molecule has 10 nitrogen and oxygen atoms in total. The lowest BCUT2D eigenvalue weighted by Gasteiger charge is -2.27. The van der Waals surface area contributed by atoms with Crippen LogP contribution in [0.2, 0.25) is 0 Å². The number of hydrogen-bond acceptors (Lipinski definition) is 7. The summed E-state index contributed by atoms with van der Waals surface area (Å²) in [5.74, 6) is -2.40. The summed E-state index contributed by atoms with van der Waals surface area (Å²) < 4.78 is 5.14. The fourth-order valence-corrected chi connectivity index (χ4v) is 4.27. The van der Waals surface area contributed by atoms with Gasteiger partial charge in [0, 0.05) is 6.54 Å². The Morgan fingerprint density at radius 3 is 2.37 bits per heavy atom. The summed E-state index contributed by atoms with van der Waals surface area (Å²) in [4.78, 5) is 47.9. The third-order valence-corrected chi connectivity index (χ3v) is 6.14. The van der Waals surface area contributed by atoms with E-state index in [1.165, 1.54) is 4.90 Å². The van der Waals surface area contributed by atoms with Crippen molar-refractivity contribution >= 4 is 23.8 Å². The van der Waals surface area contributed by atoms with Crippen molar-refractivity contribution in [3.63, 3.8) is 0 Å². The maximum Gasteiger partial charge on any atom is 0.326 e. The molecule has 2 aliphatic rings. The second-order valence-electron chi connectivity index (χ2n) is 8.73. The number of nitrogens with zero attached hydrogens (tertiary/aromatic N) is 1. The highest BCUT2D eigenvalue weighted by atomic mass is 16.5. The minimum absolute atomic E-state index is 0.262. The first-order valence-electron chi connectivity index (χ1n) is 12.2. The fraction of sp³-hybridized carbons (Fsp3) is 0.600. The van der Waals surface area contributed by atoms with E-state index in [9.17, 15) is 24.3 Å². The van der Waals surface area contributed by atoms with Gasteiger partial charge in [0.2, 0.25) is 5.91 Å². The number of hydrogen-bond donors (Lipinski definition) is 4. The van der Waals surface area contributed by atoms with E-state index in [4.69, 9.17) is 9.84 Å². The Bertz CT molecular complexity index is 843. The van der Waals surface area contributed by atoms with Crippen molar-refractivity contribution in [2.75, 3.05) is 19.7 Å². The third-order valence-electron chi connectivity index (χ3n) is 6.14.